The number of para-hydroxylation sites is 2. The molecule has 7 heteroatoms. The van der Waals surface area contributed by atoms with Crippen LogP contribution in [0.2, 0.25) is 0 Å². The maximum atomic E-state index is 12.2. The van der Waals surface area contributed by atoms with E-state index in [-0.39, 0.29) is 6.61 Å². The topological polar surface area (TPSA) is 85.9 Å². The van der Waals surface area contributed by atoms with E-state index in [1.54, 1.807) is 42.5 Å². The van der Waals surface area contributed by atoms with Crippen LogP contribution in [0.25, 0.3) is 0 Å². The van der Waals surface area contributed by atoms with Gasteiger partial charge in [-0.1, -0.05) is 26.0 Å². The molecule has 142 valence electrons. The van der Waals surface area contributed by atoms with Crippen LogP contribution in [-0.2, 0) is 4.79 Å². The number of carbonyl (C=O) groups is 2. The summed E-state index contributed by atoms with van der Waals surface area (Å²) in [5.74, 6) is 1.26. The van der Waals surface area contributed by atoms with Gasteiger partial charge >= 0.3 is 0 Å². The first-order valence-corrected chi connectivity index (χ1v) is 8.74. The van der Waals surface area contributed by atoms with E-state index >= 15 is 0 Å². The van der Waals surface area contributed by atoms with Crippen molar-refractivity contribution in [1.29, 1.82) is 0 Å². The second-order valence-corrected chi connectivity index (χ2v) is 6.54. The zero-order chi connectivity index (χ0) is 19.2. The van der Waals surface area contributed by atoms with Gasteiger partial charge in [0.25, 0.3) is 11.8 Å². The quantitative estimate of drug-likeness (QED) is 0.789. The number of hydrazine groups is 1. The van der Waals surface area contributed by atoms with E-state index < -0.39 is 17.9 Å². The number of fused-ring (bicyclic) bond motifs is 1. The largest absolute Gasteiger partial charge is 0.493 e. The van der Waals surface area contributed by atoms with Crippen LogP contribution in [0, 0.1) is 5.92 Å². The second-order valence-electron chi connectivity index (χ2n) is 6.54. The van der Waals surface area contributed by atoms with Crippen LogP contribution < -0.4 is 25.1 Å². The van der Waals surface area contributed by atoms with Crippen LogP contribution >= 0.6 is 0 Å². The van der Waals surface area contributed by atoms with E-state index in [0.717, 1.165) is 0 Å². The highest BCUT2D eigenvalue weighted by Crippen LogP contribution is 2.30. The number of hydrogen-bond acceptors (Lipinski definition) is 5. The van der Waals surface area contributed by atoms with Crippen molar-refractivity contribution in [2.24, 2.45) is 5.92 Å². The van der Waals surface area contributed by atoms with E-state index in [0.29, 0.717) is 35.3 Å². The van der Waals surface area contributed by atoms with Gasteiger partial charge in [-0.05, 0) is 42.3 Å². The Hall–Kier alpha value is -3.22. The van der Waals surface area contributed by atoms with Gasteiger partial charge in [-0.15, -0.1) is 0 Å². The first-order valence-electron chi connectivity index (χ1n) is 8.74. The molecule has 1 aliphatic heterocycles. The molecule has 2 N–H and O–H groups in total. The molecular weight excluding hydrogens is 348 g/mol. The minimum absolute atomic E-state index is 0.0700. The molecule has 27 heavy (non-hydrogen) atoms. The standard InChI is InChI=1S/C20H22N2O5/c1-13(2)11-25-15-9-7-14(8-10-15)19(23)21-22-20(24)18-12-26-16-5-3-4-6-17(16)27-18/h3-10,13,18H,11-12H2,1-2H3,(H,21,23)(H,22,24)/t18-/m0/s1. The third-order valence-corrected chi connectivity index (χ3v) is 3.80. The van der Waals surface area contributed by atoms with Crippen LogP contribution in [0.3, 0.4) is 0 Å². The lowest BCUT2D eigenvalue weighted by atomic mass is 10.2. The fraction of sp³-hybridized carbons (Fsp3) is 0.300. The average Bonchev–Trinajstić information content (AvgIpc) is 2.70. The summed E-state index contributed by atoms with van der Waals surface area (Å²) in [6.07, 6.45) is -0.841. The maximum absolute atomic E-state index is 12.2. The van der Waals surface area contributed by atoms with Gasteiger partial charge in [0.2, 0.25) is 6.10 Å². The van der Waals surface area contributed by atoms with E-state index in [1.807, 2.05) is 6.07 Å². The van der Waals surface area contributed by atoms with Crippen molar-refractivity contribution in [3.63, 3.8) is 0 Å². The van der Waals surface area contributed by atoms with Gasteiger partial charge in [0.15, 0.2) is 11.5 Å². The van der Waals surface area contributed by atoms with Crippen LogP contribution in [0.15, 0.2) is 48.5 Å². The molecular formula is C20H22N2O5. The van der Waals surface area contributed by atoms with Crippen molar-refractivity contribution in [3.8, 4) is 17.2 Å². The molecule has 0 aliphatic carbocycles. The number of rotatable bonds is 5. The monoisotopic (exact) mass is 370 g/mol. The van der Waals surface area contributed by atoms with E-state index in [1.165, 1.54) is 0 Å². The molecule has 0 unspecified atom stereocenters. The molecule has 0 saturated carbocycles. The Bertz CT molecular complexity index is 804. The van der Waals surface area contributed by atoms with Gasteiger partial charge in [0.1, 0.15) is 12.4 Å². The molecule has 0 fully saturated rings. The summed E-state index contributed by atoms with van der Waals surface area (Å²) in [5, 5.41) is 0. The fourth-order valence-electron chi connectivity index (χ4n) is 2.39. The third kappa shape index (κ3) is 4.91. The normalized spacial score (nSPS) is 15.1. The summed E-state index contributed by atoms with van der Waals surface area (Å²) in [6.45, 7) is 4.79. The summed E-state index contributed by atoms with van der Waals surface area (Å²) < 4.78 is 16.7. The lowest BCUT2D eigenvalue weighted by Gasteiger charge is -2.25. The molecule has 1 heterocycles. The predicted octanol–water partition coefficient (Wildman–Crippen LogP) is 2.32. The highest BCUT2D eigenvalue weighted by molar-refractivity contribution is 5.95. The molecule has 3 rings (SSSR count). The maximum Gasteiger partial charge on any atom is 0.283 e. The van der Waals surface area contributed by atoms with Crippen molar-refractivity contribution in [1.82, 2.24) is 10.9 Å². The zero-order valence-electron chi connectivity index (χ0n) is 15.2. The first-order chi connectivity index (χ1) is 13.0. The molecule has 0 radical (unpaired) electrons. The molecule has 0 bridgehead atoms. The highest BCUT2D eigenvalue weighted by Gasteiger charge is 2.27. The molecule has 0 spiro atoms. The lowest BCUT2D eigenvalue weighted by molar-refractivity contribution is -0.131. The summed E-state index contributed by atoms with van der Waals surface area (Å²) in [7, 11) is 0. The van der Waals surface area contributed by atoms with E-state index in [2.05, 4.69) is 24.7 Å². The summed E-state index contributed by atoms with van der Waals surface area (Å²) >= 11 is 0. The Labute approximate surface area is 157 Å². The average molecular weight is 370 g/mol. The number of amides is 2. The van der Waals surface area contributed by atoms with Crippen LogP contribution in [-0.4, -0.2) is 31.1 Å². The summed E-state index contributed by atoms with van der Waals surface area (Å²) in [6, 6.07) is 13.8. The van der Waals surface area contributed by atoms with Gasteiger partial charge in [-0.2, -0.15) is 0 Å². The Morgan fingerprint density at radius 1 is 1.07 bits per heavy atom. The lowest BCUT2D eigenvalue weighted by Crippen LogP contribution is -2.50. The fourth-order valence-corrected chi connectivity index (χ4v) is 2.39. The Morgan fingerprint density at radius 3 is 2.48 bits per heavy atom. The van der Waals surface area contributed by atoms with Crippen molar-refractivity contribution >= 4 is 11.8 Å². The molecule has 0 saturated heterocycles. The molecule has 1 atom stereocenters. The van der Waals surface area contributed by atoms with Gasteiger partial charge < -0.3 is 14.2 Å². The van der Waals surface area contributed by atoms with Gasteiger partial charge in [-0.3, -0.25) is 20.4 Å². The Kier molecular flexibility index (Phi) is 5.80. The number of ether oxygens (including phenoxy) is 3. The van der Waals surface area contributed by atoms with E-state index in [4.69, 9.17) is 14.2 Å². The van der Waals surface area contributed by atoms with Crippen LogP contribution in [0.5, 0.6) is 17.2 Å². The molecule has 2 aromatic rings. The minimum atomic E-state index is -0.841. The Morgan fingerprint density at radius 2 is 1.78 bits per heavy atom. The number of carbonyl (C=O) groups excluding carboxylic acids is 2. The van der Waals surface area contributed by atoms with Gasteiger partial charge in [0.05, 0.1) is 6.61 Å². The predicted molar refractivity (Wildman–Crippen MR) is 98.7 cm³/mol. The highest BCUT2D eigenvalue weighted by atomic mass is 16.6. The van der Waals surface area contributed by atoms with Gasteiger partial charge in [0, 0.05) is 5.56 Å². The number of hydrogen-bond donors (Lipinski definition) is 2. The molecule has 7 nitrogen and oxygen atoms in total. The molecule has 2 aromatic carbocycles. The SMILES string of the molecule is CC(C)COc1ccc(C(=O)NNC(=O)[C@@H]2COc3ccccc3O2)cc1. The third-order valence-electron chi connectivity index (χ3n) is 3.80. The number of nitrogens with one attached hydrogen (secondary N) is 2. The molecule has 1 aliphatic rings. The minimum Gasteiger partial charge on any atom is -0.493 e. The van der Waals surface area contributed by atoms with Crippen LogP contribution in [0.4, 0.5) is 0 Å². The van der Waals surface area contributed by atoms with Crippen molar-refractivity contribution in [3.05, 3.63) is 54.1 Å². The smallest absolute Gasteiger partial charge is 0.283 e. The molecule has 0 aromatic heterocycles. The Balaban J connectivity index is 1.49. The van der Waals surface area contributed by atoms with E-state index in [9.17, 15) is 9.59 Å². The zero-order valence-corrected chi connectivity index (χ0v) is 15.2. The second kappa shape index (κ2) is 8.44. The van der Waals surface area contributed by atoms with Crippen molar-refractivity contribution in [2.45, 2.75) is 20.0 Å². The number of benzene rings is 2. The first kappa shape index (κ1) is 18.6. The van der Waals surface area contributed by atoms with Crippen molar-refractivity contribution in [2.75, 3.05) is 13.2 Å². The van der Waals surface area contributed by atoms with Crippen LogP contribution in [0.1, 0.15) is 24.2 Å². The van der Waals surface area contributed by atoms with Gasteiger partial charge in [-0.25, -0.2) is 0 Å². The summed E-state index contributed by atoms with van der Waals surface area (Å²) in [4.78, 5) is 24.4. The molecule has 2 amide bonds. The van der Waals surface area contributed by atoms with Crippen molar-refractivity contribution < 1.29 is 23.8 Å². The summed E-state index contributed by atoms with van der Waals surface area (Å²) in [5.41, 5.74) is 5.14.